The van der Waals surface area contributed by atoms with Crippen molar-refractivity contribution in [2.75, 3.05) is 7.11 Å². The summed E-state index contributed by atoms with van der Waals surface area (Å²) in [6.07, 6.45) is 4.21. The van der Waals surface area contributed by atoms with Crippen molar-refractivity contribution < 1.29 is 14.3 Å². The van der Waals surface area contributed by atoms with Crippen LogP contribution in [0, 0.1) is 5.92 Å². The second-order valence-corrected chi connectivity index (χ2v) is 10.5. The lowest BCUT2D eigenvalue weighted by Crippen LogP contribution is -2.64. The molecule has 1 aliphatic heterocycles. The number of amides is 2. The molecule has 1 unspecified atom stereocenters. The predicted octanol–water partition coefficient (Wildman–Crippen LogP) is 5.27. The van der Waals surface area contributed by atoms with E-state index in [0.717, 1.165) is 48.3 Å². The Labute approximate surface area is 213 Å². The van der Waals surface area contributed by atoms with Crippen molar-refractivity contribution in [1.82, 2.24) is 14.8 Å². The highest BCUT2D eigenvalue weighted by molar-refractivity contribution is 6.00. The molecule has 1 aliphatic carbocycles. The smallest absolute Gasteiger partial charge is 0.271 e. The molecule has 1 N–H and O–H groups in total. The van der Waals surface area contributed by atoms with Gasteiger partial charge in [0.1, 0.15) is 17.0 Å². The Morgan fingerprint density at radius 3 is 2.31 bits per heavy atom. The lowest BCUT2D eigenvalue weighted by Gasteiger charge is -2.45. The van der Waals surface area contributed by atoms with E-state index in [1.54, 1.807) is 12.0 Å². The summed E-state index contributed by atoms with van der Waals surface area (Å²) < 4.78 is 7.31. The van der Waals surface area contributed by atoms with Crippen molar-refractivity contribution in [3.8, 4) is 17.0 Å². The molecule has 1 saturated carbocycles. The number of benzene rings is 2. The first-order chi connectivity index (χ1) is 17.4. The largest absolute Gasteiger partial charge is 0.497 e. The number of rotatable bonds is 6. The molecule has 1 aromatic heterocycles. The van der Waals surface area contributed by atoms with E-state index in [2.05, 4.69) is 12.2 Å². The topological polar surface area (TPSA) is 63.6 Å². The van der Waals surface area contributed by atoms with Crippen LogP contribution in [-0.4, -0.2) is 40.0 Å². The van der Waals surface area contributed by atoms with Crippen LogP contribution in [0.25, 0.3) is 11.3 Å². The van der Waals surface area contributed by atoms with Gasteiger partial charge in [0.25, 0.3) is 5.91 Å². The fraction of sp³-hybridized carbons (Fsp3) is 0.400. The molecule has 6 nitrogen and oxygen atoms in total. The van der Waals surface area contributed by atoms with Gasteiger partial charge in [-0.15, -0.1) is 0 Å². The summed E-state index contributed by atoms with van der Waals surface area (Å²) in [6.45, 7) is 4.93. The Kier molecular flexibility index (Phi) is 6.61. The number of methoxy groups -OCH3 is 1. The van der Waals surface area contributed by atoms with E-state index in [4.69, 9.17) is 4.74 Å². The number of hydrogen-bond acceptors (Lipinski definition) is 3. The Bertz CT molecular complexity index is 1230. The summed E-state index contributed by atoms with van der Waals surface area (Å²) >= 11 is 0. The number of hydrogen-bond donors (Lipinski definition) is 1. The van der Waals surface area contributed by atoms with Crippen LogP contribution in [0.5, 0.6) is 5.75 Å². The molecule has 2 aliphatic rings. The van der Waals surface area contributed by atoms with Crippen molar-refractivity contribution in [1.29, 1.82) is 0 Å². The molecule has 3 aromatic rings. The zero-order valence-corrected chi connectivity index (χ0v) is 21.4. The first-order valence-electron chi connectivity index (χ1n) is 12.9. The Morgan fingerprint density at radius 1 is 0.972 bits per heavy atom. The monoisotopic (exact) mass is 485 g/mol. The molecule has 2 aromatic carbocycles. The van der Waals surface area contributed by atoms with Crippen molar-refractivity contribution in [2.24, 2.45) is 5.92 Å². The van der Waals surface area contributed by atoms with Crippen LogP contribution >= 0.6 is 0 Å². The van der Waals surface area contributed by atoms with E-state index in [9.17, 15) is 9.59 Å². The summed E-state index contributed by atoms with van der Waals surface area (Å²) in [5, 5.41) is 3.32. The molecule has 2 heterocycles. The summed E-state index contributed by atoms with van der Waals surface area (Å²) in [6, 6.07) is 21.8. The SMILES string of the molecule is COc1ccc(CN2C(=O)c3ccc(-c4ccccc4)n3CC2(C)C(=O)NC2CCC(C)CC2)cc1. The highest BCUT2D eigenvalue weighted by Crippen LogP contribution is 2.35. The summed E-state index contributed by atoms with van der Waals surface area (Å²) in [4.78, 5) is 29.7. The van der Waals surface area contributed by atoms with Crippen LogP contribution in [0.3, 0.4) is 0 Å². The maximum Gasteiger partial charge on any atom is 0.271 e. The van der Waals surface area contributed by atoms with E-state index >= 15 is 0 Å². The van der Waals surface area contributed by atoms with Gasteiger partial charge >= 0.3 is 0 Å². The van der Waals surface area contributed by atoms with Crippen LogP contribution in [-0.2, 0) is 17.9 Å². The Balaban J connectivity index is 1.50. The molecule has 5 rings (SSSR count). The summed E-state index contributed by atoms with van der Waals surface area (Å²) in [7, 11) is 1.63. The molecule has 0 spiro atoms. The van der Waals surface area contributed by atoms with Crippen molar-refractivity contribution in [2.45, 2.75) is 64.2 Å². The third-order valence-corrected chi connectivity index (χ3v) is 7.92. The van der Waals surface area contributed by atoms with Gasteiger partial charge in [-0.25, -0.2) is 0 Å². The van der Waals surface area contributed by atoms with Crippen LogP contribution in [0.4, 0.5) is 0 Å². The minimum absolute atomic E-state index is 0.0812. The minimum Gasteiger partial charge on any atom is -0.497 e. The average molecular weight is 486 g/mol. The minimum atomic E-state index is -1.03. The van der Waals surface area contributed by atoms with E-state index in [-0.39, 0.29) is 17.9 Å². The van der Waals surface area contributed by atoms with Crippen LogP contribution in [0.2, 0.25) is 0 Å². The van der Waals surface area contributed by atoms with Gasteiger partial charge in [-0.05, 0) is 73.9 Å². The number of fused-ring (bicyclic) bond motifs is 1. The molecule has 36 heavy (non-hydrogen) atoms. The maximum atomic E-state index is 14.0. The van der Waals surface area contributed by atoms with Crippen molar-refractivity contribution >= 4 is 11.8 Å². The van der Waals surface area contributed by atoms with E-state index < -0.39 is 5.54 Å². The lowest BCUT2D eigenvalue weighted by molar-refractivity contribution is -0.134. The third-order valence-electron chi connectivity index (χ3n) is 7.92. The molecule has 0 saturated heterocycles. The van der Waals surface area contributed by atoms with Gasteiger partial charge in [0.05, 0.1) is 13.7 Å². The van der Waals surface area contributed by atoms with Crippen LogP contribution < -0.4 is 10.1 Å². The lowest BCUT2D eigenvalue weighted by atomic mass is 9.86. The van der Waals surface area contributed by atoms with E-state index in [1.807, 2.05) is 78.2 Å². The molecule has 1 atom stereocenters. The molecule has 2 amide bonds. The molecule has 0 radical (unpaired) electrons. The zero-order valence-electron chi connectivity index (χ0n) is 21.4. The number of carbonyl (C=O) groups is 2. The number of nitrogens with one attached hydrogen (secondary N) is 1. The summed E-state index contributed by atoms with van der Waals surface area (Å²) in [5.74, 6) is 1.25. The highest BCUT2D eigenvalue weighted by atomic mass is 16.5. The maximum absolute atomic E-state index is 14.0. The molecular weight excluding hydrogens is 450 g/mol. The van der Waals surface area contributed by atoms with E-state index in [0.29, 0.717) is 24.7 Å². The number of aromatic nitrogens is 1. The molecular formula is C30H35N3O3. The normalized spacial score (nSPS) is 23.8. The fourth-order valence-electron chi connectivity index (χ4n) is 5.54. The fourth-order valence-corrected chi connectivity index (χ4v) is 5.54. The van der Waals surface area contributed by atoms with Crippen molar-refractivity contribution in [3.05, 3.63) is 78.0 Å². The van der Waals surface area contributed by atoms with Gasteiger partial charge in [0, 0.05) is 18.3 Å². The van der Waals surface area contributed by atoms with E-state index in [1.165, 1.54) is 0 Å². The molecule has 0 bridgehead atoms. The van der Waals surface area contributed by atoms with Gasteiger partial charge in [-0.1, -0.05) is 49.4 Å². The van der Waals surface area contributed by atoms with Gasteiger partial charge in [0.15, 0.2) is 0 Å². The average Bonchev–Trinajstić information content (AvgIpc) is 3.32. The van der Waals surface area contributed by atoms with Gasteiger partial charge in [0.2, 0.25) is 5.91 Å². The van der Waals surface area contributed by atoms with Gasteiger partial charge in [-0.2, -0.15) is 0 Å². The molecule has 1 fully saturated rings. The molecule has 188 valence electrons. The van der Waals surface area contributed by atoms with Crippen LogP contribution in [0.15, 0.2) is 66.7 Å². The van der Waals surface area contributed by atoms with Crippen molar-refractivity contribution in [3.63, 3.8) is 0 Å². The summed E-state index contributed by atoms with van der Waals surface area (Å²) in [5.41, 5.74) is 2.52. The Morgan fingerprint density at radius 2 is 1.64 bits per heavy atom. The third kappa shape index (κ3) is 4.52. The predicted molar refractivity (Wildman–Crippen MR) is 141 cm³/mol. The zero-order chi connectivity index (χ0) is 25.3. The number of ether oxygens (including phenoxy) is 1. The standard InChI is InChI=1S/C30H35N3O3/c1-21-9-13-24(14-10-21)31-29(35)30(2)20-32-26(23-7-5-4-6-8-23)17-18-27(32)28(34)33(30)19-22-11-15-25(36-3)16-12-22/h4-8,11-12,15-18,21,24H,9-10,13-14,19-20H2,1-3H3,(H,31,35). The van der Waals surface area contributed by atoms with Gasteiger partial charge in [-0.3, -0.25) is 9.59 Å². The number of carbonyl (C=O) groups excluding carboxylic acids is 2. The van der Waals surface area contributed by atoms with Gasteiger partial charge < -0.3 is 19.5 Å². The first-order valence-corrected chi connectivity index (χ1v) is 12.9. The second kappa shape index (κ2) is 9.84. The molecule has 6 heteroatoms. The first kappa shape index (κ1) is 24.2. The quantitative estimate of drug-likeness (QED) is 0.517. The number of nitrogens with zero attached hydrogens (tertiary/aromatic N) is 2. The second-order valence-electron chi connectivity index (χ2n) is 10.5. The Hall–Kier alpha value is -3.54. The highest BCUT2D eigenvalue weighted by Gasteiger charge is 2.48. The van der Waals surface area contributed by atoms with Crippen LogP contribution in [0.1, 0.15) is 55.6 Å².